The van der Waals surface area contributed by atoms with E-state index in [-0.39, 0.29) is 12.3 Å². The topological polar surface area (TPSA) is 72.5 Å². The van der Waals surface area contributed by atoms with Crippen LogP contribution >= 0.6 is 0 Å². The van der Waals surface area contributed by atoms with Crippen LogP contribution in [0.5, 0.6) is 0 Å². The lowest BCUT2D eigenvalue weighted by molar-refractivity contribution is -0.143. The first-order valence-electron chi connectivity index (χ1n) is 6.12. The lowest BCUT2D eigenvalue weighted by atomic mass is 10.1. The van der Waals surface area contributed by atoms with Crippen LogP contribution in [0.15, 0.2) is 29.2 Å². The third-order valence-corrected chi connectivity index (χ3v) is 4.12. The first-order valence-corrected chi connectivity index (χ1v) is 7.61. The Labute approximate surface area is 118 Å². The predicted octanol–water partition coefficient (Wildman–Crippen LogP) is 1.69. The number of halogens is 1. The van der Waals surface area contributed by atoms with Gasteiger partial charge in [0.15, 0.2) is 0 Å². The largest absolute Gasteiger partial charge is 0.468 e. The molecule has 0 heterocycles. The zero-order chi connectivity index (χ0) is 15.3. The van der Waals surface area contributed by atoms with E-state index in [1.165, 1.54) is 19.2 Å². The molecule has 1 aromatic carbocycles. The minimum absolute atomic E-state index is 0.0717. The standard InChI is InChI=1S/C13H18FNO4S/c1-9(2)8-11(13(16)19-3)15-20(17,18)12-7-5-4-6-10(12)14/h4-7,9,11,15H,8H2,1-3H3/t11-/m0/s1. The number of benzene rings is 1. The molecule has 20 heavy (non-hydrogen) atoms. The Balaban J connectivity index is 3.03. The summed E-state index contributed by atoms with van der Waals surface area (Å²) in [6.45, 7) is 3.68. The molecule has 0 saturated heterocycles. The molecule has 5 nitrogen and oxygen atoms in total. The molecular weight excluding hydrogens is 285 g/mol. The normalized spacial score (nSPS) is 13.2. The maximum absolute atomic E-state index is 13.5. The van der Waals surface area contributed by atoms with Crippen LogP contribution in [0, 0.1) is 11.7 Å². The second kappa shape index (κ2) is 6.81. The summed E-state index contributed by atoms with van der Waals surface area (Å²) < 4.78 is 44.5. The molecule has 7 heteroatoms. The Kier molecular flexibility index (Phi) is 5.64. The molecule has 0 fully saturated rings. The summed E-state index contributed by atoms with van der Waals surface area (Å²) in [6.07, 6.45) is 0.264. The fourth-order valence-corrected chi connectivity index (χ4v) is 3.00. The van der Waals surface area contributed by atoms with Gasteiger partial charge in [-0.3, -0.25) is 4.79 Å². The Morgan fingerprint density at radius 3 is 2.45 bits per heavy atom. The zero-order valence-corrected chi connectivity index (χ0v) is 12.4. The van der Waals surface area contributed by atoms with Crippen LogP contribution in [0.3, 0.4) is 0 Å². The Morgan fingerprint density at radius 1 is 1.35 bits per heavy atom. The molecular formula is C13H18FNO4S. The molecule has 1 aromatic rings. The van der Waals surface area contributed by atoms with Gasteiger partial charge in [-0.25, -0.2) is 12.8 Å². The molecule has 0 amide bonds. The van der Waals surface area contributed by atoms with Gasteiger partial charge >= 0.3 is 5.97 Å². The van der Waals surface area contributed by atoms with Crippen LogP contribution < -0.4 is 4.72 Å². The van der Waals surface area contributed by atoms with Crippen LogP contribution in [0.25, 0.3) is 0 Å². The van der Waals surface area contributed by atoms with Gasteiger partial charge in [-0.15, -0.1) is 0 Å². The van der Waals surface area contributed by atoms with E-state index in [1.54, 1.807) is 0 Å². The van der Waals surface area contributed by atoms with Gasteiger partial charge in [-0.2, -0.15) is 4.72 Å². The third kappa shape index (κ3) is 4.28. The van der Waals surface area contributed by atoms with Crippen LogP contribution in [-0.4, -0.2) is 27.5 Å². The number of sulfonamides is 1. The van der Waals surface area contributed by atoms with Crippen LogP contribution in [0.1, 0.15) is 20.3 Å². The second-order valence-electron chi connectivity index (χ2n) is 4.76. The first kappa shape index (κ1) is 16.6. The maximum Gasteiger partial charge on any atom is 0.323 e. The molecule has 1 atom stereocenters. The minimum Gasteiger partial charge on any atom is -0.468 e. The molecule has 0 saturated carbocycles. The highest BCUT2D eigenvalue weighted by molar-refractivity contribution is 7.89. The van der Waals surface area contributed by atoms with E-state index in [9.17, 15) is 17.6 Å². The Bertz CT molecular complexity index is 571. The van der Waals surface area contributed by atoms with E-state index in [1.807, 2.05) is 13.8 Å². The summed E-state index contributed by atoms with van der Waals surface area (Å²) >= 11 is 0. The highest BCUT2D eigenvalue weighted by Gasteiger charge is 2.28. The zero-order valence-electron chi connectivity index (χ0n) is 11.6. The van der Waals surface area contributed by atoms with Gasteiger partial charge in [0.05, 0.1) is 7.11 Å². The lowest BCUT2D eigenvalue weighted by Gasteiger charge is -2.18. The fraction of sp³-hybridized carbons (Fsp3) is 0.462. The van der Waals surface area contributed by atoms with Gasteiger partial charge in [-0.1, -0.05) is 26.0 Å². The molecule has 0 spiro atoms. The van der Waals surface area contributed by atoms with E-state index >= 15 is 0 Å². The number of methoxy groups -OCH3 is 1. The van der Waals surface area contributed by atoms with E-state index in [4.69, 9.17) is 0 Å². The lowest BCUT2D eigenvalue weighted by Crippen LogP contribution is -2.42. The molecule has 0 aliphatic rings. The van der Waals surface area contributed by atoms with Crippen molar-refractivity contribution in [3.05, 3.63) is 30.1 Å². The Hall–Kier alpha value is -1.47. The van der Waals surface area contributed by atoms with Crippen molar-refractivity contribution in [1.29, 1.82) is 0 Å². The predicted molar refractivity (Wildman–Crippen MR) is 72.0 cm³/mol. The summed E-state index contributed by atoms with van der Waals surface area (Å²) in [5.74, 6) is -1.49. The van der Waals surface area contributed by atoms with E-state index < -0.39 is 32.7 Å². The van der Waals surface area contributed by atoms with Crippen molar-refractivity contribution in [2.24, 2.45) is 5.92 Å². The summed E-state index contributed by atoms with van der Waals surface area (Å²) in [4.78, 5) is 11.1. The number of hydrogen-bond acceptors (Lipinski definition) is 4. The van der Waals surface area contributed by atoms with Crippen molar-refractivity contribution in [3.8, 4) is 0 Å². The van der Waals surface area contributed by atoms with Crippen LogP contribution in [-0.2, 0) is 19.6 Å². The van der Waals surface area contributed by atoms with Crippen molar-refractivity contribution < 1.29 is 22.3 Å². The van der Waals surface area contributed by atoms with Gasteiger partial charge in [-0.05, 0) is 24.5 Å². The van der Waals surface area contributed by atoms with Crippen molar-refractivity contribution in [2.45, 2.75) is 31.2 Å². The van der Waals surface area contributed by atoms with Crippen molar-refractivity contribution in [2.75, 3.05) is 7.11 Å². The summed E-state index contributed by atoms with van der Waals surface area (Å²) in [6, 6.07) is 3.95. The average molecular weight is 303 g/mol. The van der Waals surface area contributed by atoms with Gasteiger partial charge in [0.2, 0.25) is 10.0 Å². The quantitative estimate of drug-likeness (QED) is 0.812. The monoisotopic (exact) mass is 303 g/mol. The highest BCUT2D eigenvalue weighted by atomic mass is 32.2. The smallest absolute Gasteiger partial charge is 0.323 e. The second-order valence-corrected chi connectivity index (χ2v) is 6.44. The van der Waals surface area contributed by atoms with Crippen LogP contribution in [0.4, 0.5) is 4.39 Å². The van der Waals surface area contributed by atoms with E-state index in [0.717, 1.165) is 12.1 Å². The molecule has 0 aliphatic carbocycles. The van der Waals surface area contributed by atoms with Gasteiger partial charge in [0.1, 0.15) is 16.8 Å². The first-order chi connectivity index (χ1) is 9.27. The third-order valence-electron chi connectivity index (χ3n) is 2.62. The van der Waals surface area contributed by atoms with Gasteiger partial charge < -0.3 is 4.74 Å². The highest BCUT2D eigenvalue weighted by Crippen LogP contribution is 2.16. The summed E-state index contributed by atoms with van der Waals surface area (Å²) in [5.41, 5.74) is 0. The number of carbonyl (C=O) groups is 1. The summed E-state index contributed by atoms with van der Waals surface area (Å²) in [7, 11) is -2.94. The summed E-state index contributed by atoms with van der Waals surface area (Å²) in [5, 5.41) is 0. The molecule has 0 bridgehead atoms. The van der Waals surface area contributed by atoms with Crippen LogP contribution in [0.2, 0.25) is 0 Å². The number of nitrogens with one attached hydrogen (secondary N) is 1. The molecule has 0 aromatic heterocycles. The van der Waals surface area contributed by atoms with E-state index in [2.05, 4.69) is 9.46 Å². The van der Waals surface area contributed by atoms with E-state index in [0.29, 0.717) is 0 Å². The molecule has 1 rings (SSSR count). The maximum atomic E-state index is 13.5. The Morgan fingerprint density at radius 2 is 1.95 bits per heavy atom. The van der Waals surface area contributed by atoms with Crippen molar-refractivity contribution in [1.82, 2.24) is 4.72 Å². The molecule has 112 valence electrons. The number of esters is 1. The molecule has 0 unspecified atom stereocenters. The number of rotatable bonds is 6. The van der Waals surface area contributed by atoms with Gasteiger partial charge in [0, 0.05) is 0 Å². The number of ether oxygens (including phenoxy) is 1. The van der Waals surface area contributed by atoms with Gasteiger partial charge in [0.25, 0.3) is 0 Å². The number of hydrogen-bond donors (Lipinski definition) is 1. The molecule has 0 radical (unpaired) electrons. The van der Waals surface area contributed by atoms with Crippen molar-refractivity contribution in [3.63, 3.8) is 0 Å². The number of carbonyl (C=O) groups excluding carboxylic acids is 1. The molecule has 0 aliphatic heterocycles. The SMILES string of the molecule is COC(=O)[C@H](CC(C)C)NS(=O)(=O)c1ccccc1F. The van der Waals surface area contributed by atoms with Crippen molar-refractivity contribution >= 4 is 16.0 Å². The molecule has 1 N–H and O–H groups in total. The average Bonchev–Trinajstić information content (AvgIpc) is 2.36. The fourth-order valence-electron chi connectivity index (χ4n) is 1.72. The minimum atomic E-state index is -4.12.